The molecule has 0 aliphatic carbocycles. The first-order valence-electron chi connectivity index (χ1n) is 4.74. The van der Waals surface area contributed by atoms with Crippen LogP contribution >= 0.6 is 11.3 Å². The van der Waals surface area contributed by atoms with Gasteiger partial charge in [-0.05, 0) is 6.42 Å². The summed E-state index contributed by atoms with van der Waals surface area (Å²) >= 11 is 1.55. The number of aliphatic hydroxyl groups excluding tert-OH is 1. The second kappa shape index (κ2) is 4.50. The highest BCUT2D eigenvalue weighted by atomic mass is 32.1. The van der Waals surface area contributed by atoms with Crippen molar-refractivity contribution in [1.29, 1.82) is 0 Å². The van der Waals surface area contributed by atoms with Gasteiger partial charge >= 0.3 is 0 Å². The van der Waals surface area contributed by atoms with Crippen LogP contribution in [0.1, 0.15) is 30.8 Å². The molecule has 0 aliphatic rings. The molecule has 0 aliphatic heterocycles. The highest BCUT2D eigenvalue weighted by molar-refractivity contribution is 7.07. The van der Waals surface area contributed by atoms with Crippen LogP contribution in [0.4, 0.5) is 0 Å². The van der Waals surface area contributed by atoms with E-state index in [0.717, 1.165) is 5.69 Å². The summed E-state index contributed by atoms with van der Waals surface area (Å²) in [4.78, 5) is 4.15. The number of rotatable bonds is 4. The number of aliphatic hydroxyl groups is 1. The zero-order valence-electron chi connectivity index (χ0n) is 8.37. The minimum absolute atomic E-state index is 0.519. The predicted octanol–water partition coefficient (Wildman–Crippen LogP) is 1.23. The van der Waals surface area contributed by atoms with Crippen molar-refractivity contribution in [2.24, 2.45) is 0 Å². The summed E-state index contributed by atoms with van der Waals surface area (Å²) in [5, 5.41) is 19.3. The maximum Gasteiger partial charge on any atom is 0.111 e. The summed E-state index contributed by atoms with van der Waals surface area (Å²) in [5.74, 6) is 0. The number of thiazole rings is 1. The second-order valence-corrected chi connectivity index (χ2v) is 3.96. The van der Waals surface area contributed by atoms with E-state index < -0.39 is 6.10 Å². The largest absolute Gasteiger partial charge is 0.387 e. The normalized spacial score (nSPS) is 12.9. The molecule has 0 saturated carbocycles. The zero-order chi connectivity index (χ0) is 10.7. The second-order valence-electron chi connectivity index (χ2n) is 3.24. The van der Waals surface area contributed by atoms with E-state index in [-0.39, 0.29) is 0 Å². The molecule has 1 unspecified atom stereocenters. The monoisotopic (exact) mass is 224 g/mol. The van der Waals surface area contributed by atoms with Crippen LogP contribution in [-0.2, 0) is 6.54 Å². The van der Waals surface area contributed by atoms with Crippen molar-refractivity contribution in [2.45, 2.75) is 26.0 Å². The minimum Gasteiger partial charge on any atom is -0.387 e. The van der Waals surface area contributed by atoms with E-state index in [1.807, 2.05) is 12.3 Å². The fourth-order valence-corrected chi connectivity index (χ4v) is 1.78. The molecule has 1 N–H and O–H groups in total. The molecule has 0 fully saturated rings. The van der Waals surface area contributed by atoms with Crippen LogP contribution in [0.5, 0.6) is 0 Å². The van der Waals surface area contributed by atoms with Gasteiger partial charge in [0.05, 0.1) is 30.1 Å². The van der Waals surface area contributed by atoms with Crippen molar-refractivity contribution >= 4 is 11.3 Å². The summed E-state index contributed by atoms with van der Waals surface area (Å²) < 4.78 is 1.68. The van der Waals surface area contributed by atoms with Gasteiger partial charge in [0.25, 0.3) is 0 Å². The third kappa shape index (κ3) is 2.40. The van der Waals surface area contributed by atoms with Crippen molar-refractivity contribution in [3.05, 3.63) is 28.5 Å². The van der Waals surface area contributed by atoms with Gasteiger partial charge in [0.1, 0.15) is 5.69 Å². The topological polar surface area (TPSA) is 63.8 Å². The highest BCUT2D eigenvalue weighted by Gasteiger charge is 2.09. The average molecular weight is 224 g/mol. The molecule has 15 heavy (non-hydrogen) atoms. The SMILES string of the molecule is CCC(O)c1cn(Cc2cscn2)nn1. The Labute approximate surface area is 91.4 Å². The molecular weight excluding hydrogens is 212 g/mol. The minimum atomic E-state index is -0.519. The molecule has 1 atom stereocenters. The third-order valence-corrected chi connectivity index (χ3v) is 2.73. The molecule has 2 rings (SSSR count). The summed E-state index contributed by atoms with van der Waals surface area (Å²) in [7, 11) is 0. The summed E-state index contributed by atoms with van der Waals surface area (Å²) in [6.45, 7) is 2.51. The Kier molecular flexibility index (Phi) is 3.08. The lowest BCUT2D eigenvalue weighted by atomic mass is 10.2. The van der Waals surface area contributed by atoms with Crippen LogP contribution in [-0.4, -0.2) is 25.1 Å². The Balaban J connectivity index is 2.07. The van der Waals surface area contributed by atoms with Crippen molar-refractivity contribution < 1.29 is 5.11 Å². The smallest absolute Gasteiger partial charge is 0.111 e. The Morgan fingerprint density at radius 1 is 1.60 bits per heavy atom. The molecule has 0 radical (unpaired) electrons. The lowest BCUT2D eigenvalue weighted by molar-refractivity contribution is 0.168. The van der Waals surface area contributed by atoms with Gasteiger partial charge in [-0.3, -0.25) is 0 Å². The van der Waals surface area contributed by atoms with Crippen molar-refractivity contribution in [3.63, 3.8) is 0 Å². The maximum atomic E-state index is 9.54. The Hall–Kier alpha value is -1.27. The third-order valence-electron chi connectivity index (χ3n) is 2.09. The van der Waals surface area contributed by atoms with E-state index in [1.54, 1.807) is 27.7 Å². The van der Waals surface area contributed by atoms with Gasteiger partial charge in [-0.25, -0.2) is 9.67 Å². The number of hydrogen-bond donors (Lipinski definition) is 1. The first-order valence-corrected chi connectivity index (χ1v) is 5.69. The zero-order valence-corrected chi connectivity index (χ0v) is 9.18. The number of nitrogens with zero attached hydrogens (tertiary/aromatic N) is 4. The molecule has 0 amide bonds. The molecule has 0 bridgehead atoms. The van der Waals surface area contributed by atoms with Crippen LogP contribution in [0.25, 0.3) is 0 Å². The molecule has 2 heterocycles. The fourth-order valence-electron chi connectivity index (χ4n) is 1.23. The van der Waals surface area contributed by atoms with Crippen LogP contribution in [0.3, 0.4) is 0 Å². The van der Waals surface area contributed by atoms with Gasteiger partial charge in [-0.1, -0.05) is 12.1 Å². The molecule has 0 spiro atoms. The highest BCUT2D eigenvalue weighted by Crippen LogP contribution is 2.12. The van der Waals surface area contributed by atoms with E-state index in [1.165, 1.54) is 0 Å². The maximum absolute atomic E-state index is 9.54. The number of hydrogen-bond acceptors (Lipinski definition) is 5. The van der Waals surface area contributed by atoms with E-state index in [4.69, 9.17) is 0 Å². The molecule has 2 aromatic heterocycles. The quantitative estimate of drug-likeness (QED) is 0.848. The van der Waals surface area contributed by atoms with Gasteiger partial charge in [-0.2, -0.15) is 0 Å². The lowest BCUT2D eigenvalue weighted by Crippen LogP contribution is -2.00. The van der Waals surface area contributed by atoms with Crippen LogP contribution in [0.15, 0.2) is 17.1 Å². The van der Waals surface area contributed by atoms with E-state index >= 15 is 0 Å². The van der Waals surface area contributed by atoms with Crippen LogP contribution in [0.2, 0.25) is 0 Å². The molecule has 5 nitrogen and oxygen atoms in total. The van der Waals surface area contributed by atoms with Gasteiger partial charge in [0.2, 0.25) is 0 Å². The molecular formula is C9H12N4OS. The van der Waals surface area contributed by atoms with Gasteiger partial charge in [0, 0.05) is 5.38 Å². The van der Waals surface area contributed by atoms with Gasteiger partial charge in [-0.15, -0.1) is 16.4 Å². The first-order chi connectivity index (χ1) is 7.29. The molecule has 0 saturated heterocycles. The Morgan fingerprint density at radius 2 is 2.47 bits per heavy atom. The average Bonchev–Trinajstić information content (AvgIpc) is 2.88. The Morgan fingerprint density at radius 3 is 3.13 bits per heavy atom. The molecule has 2 aromatic rings. The molecule has 0 aromatic carbocycles. The molecule has 6 heteroatoms. The standard InChI is InChI=1S/C9H12N4OS/c1-2-9(14)8-4-13(12-11-8)3-7-5-15-6-10-7/h4-6,9,14H,2-3H2,1H3. The van der Waals surface area contributed by atoms with E-state index in [0.29, 0.717) is 18.7 Å². The number of aromatic nitrogens is 4. The van der Waals surface area contributed by atoms with E-state index in [9.17, 15) is 5.11 Å². The van der Waals surface area contributed by atoms with E-state index in [2.05, 4.69) is 15.3 Å². The summed E-state index contributed by atoms with van der Waals surface area (Å²) in [6, 6.07) is 0. The lowest BCUT2D eigenvalue weighted by Gasteiger charge is -2.00. The Bertz CT molecular complexity index is 411. The van der Waals surface area contributed by atoms with Crippen molar-refractivity contribution in [1.82, 2.24) is 20.0 Å². The van der Waals surface area contributed by atoms with Crippen molar-refractivity contribution in [2.75, 3.05) is 0 Å². The predicted molar refractivity (Wildman–Crippen MR) is 56.5 cm³/mol. The molecule has 80 valence electrons. The summed E-state index contributed by atoms with van der Waals surface area (Å²) in [6.07, 6.45) is 1.89. The fraction of sp³-hybridized carbons (Fsp3) is 0.444. The van der Waals surface area contributed by atoms with Crippen LogP contribution in [0, 0.1) is 0 Å². The summed E-state index contributed by atoms with van der Waals surface area (Å²) in [5.41, 5.74) is 3.36. The van der Waals surface area contributed by atoms with Crippen molar-refractivity contribution in [3.8, 4) is 0 Å². The van der Waals surface area contributed by atoms with Gasteiger partial charge < -0.3 is 5.11 Å². The van der Waals surface area contributed by atoms with Gasteiger partial charge in [0.15, 0.2) is 0 Å². The first kappa shape index (κ1) is 10.3. The van der Waals surface area contributed by atoms with Crippen LogP contribution < -0.4 is 0 Å².